The van der Waals surface area contributed by atoms with E-state index in [2.05, 4.69) is 13.8 Å². The van der Waals surface area contributed by atoms with Crippen molar-refractivity contribution in [3.63, 3.8) is 0 Å². The van der Waals surface area contributed by atoms with E-state index in [-0.39, 0.29) is 21.3 Å². The topological polar surface area (TPSA) is 52.6 Å². The first kappa shape index (κ1) is 30.7. The second kappa shape index (κ2) is 24.9. The second-order valence-corrected chi connectivity index (χ2v) is 6.86. The fraction of sp³-hybridized carbons (Fsp3) is 0.913. The smallest absolute Gasteiger partial charge is 0.317 e. The standard InChI is InChI=1S/C21H40O4.2CH4/c1-3-5-7-9-11-13-15-17-24-20(22)19-21(23)25-18-16-14-12-10-8-6-4-2;;/h3-19H2,1-2H3;2*1H4. The van der Waals surface area contributed by atoms with Crippen molar-refractivity contribution in [1.82, 2.24) is 0 Å². The van der Waals surface area contributed by atoms with Crippen LogP contribution in [0.4, 0.5) is 0 Å². The van der Waals surface area contributed by atoms with E-state index < -0.39 is 11.9 Å². The van der Waals surface area contributed by atoms with Gasteiger partial charge in [0.25, 0.3) is 0 Å². The molecule has 164 valence electrons. The van der Waals surface area contributed by atoms with Crippen LogP contribution in [0.25, 0.3) is 0 Å². The van der Waals surface area contributed by atoms with Gasteiger partial charge in [-0.3, -0.25) is 9.59 Å². The second-order valence-electron chi connectivity index (χ2n) is 6.86. The lowest BCUT2D eigenvalue weighted by molar-refractivity contribution is -0.154. The van der Waals surface area contributed by atoms with E-state index in [1.807, 2.05) is 0 Å². The molecule has 0 aromatic heterocycles. The minimum Gasteiger partial charge on any atom is -0.465 e. The van der Waals surface area contributed by atoms with Gasteiger partial charge in [0.1, 0.15) is 6.42 Å². The molecule has 0 aliphatic heterocycles. The van der Waals surface area contributed by atoms with E-state index >= 15 is 0 Å². The molecule has 0 aromatic carbocycles. The molecule has 0 spiro atoms. The summed E-state index contributed by atoms with van der Waals surface area (Å²) in [6.45, 7) is 5.24. The first-order valence-electron chi connectivity index (χ1n) is 10.5. The number of hydrogen-bond acceptors (Lipinski definition) is 4. The number of esters is 2. The molecule has 0 N–H and O–H groups in total. The van der Waals surface area contributed by atoms with Gasteiger partial charge in [0.2, 0.25) is 0 Å². The Labute approximate surface area is 169 Å². The van der Waals surface area contributed by atoms with Crippen molar-refractivity contribution in [3.8, 4) is 0 Å². The summed E-state index contributed by atoms with van der Waals surface area (Å²) in [5, 5.41) is 0. The molecule has 0 rings (SSSR count). The van der Waals surface area contributed by atoms with Crippen molar-refractivity contribution >= 4 is 11.9 Å². The predicted octanol–water partition coefficient (Wildman–Crippen LogP) is 7.24. The SMILES string of the molecule is C.C.CCCCCCCCCOC(=O)CC(=O)OCCCCCCCCC. The number of carbonyl (C=O) groups is 2. The molecule has 0 bridgehead atoms. The van der Waals surface area contributed by atoms with Crippen molar-refractivity contribution in [1.29, 1.82) is 0 Å². The maximum Gasteiger partial charge on any atom is 0.317 e. The van der Waals surface area contributed by atoms with Crippen molar-refractivity contribution in [2.24, 2.45) is 0 Å². The molecule has 0 saturated heterocycles. The van der Waals surface area contributed by atoms with Crippen molar-refractivity contribution in [2.75, 3.05) is 13.2 Å². The fourth-order valence-electron chi connectivity index (χ4n) is 2.71. The Balaban J connectivity index is -0.00000288. The van der Waals surface area contributed by atoms with Crippen molar-refractivity contribution in [3.05, 3.63) is 0 Å². The fourth-order valence-corrected chi connectivity index (χ4v) is 2.71. The zero-order chi connectivity index (χ0) is 18.6. The highest BCUT2D eigenvalue weighted by atomic mass is 16.6. The van der Waals surface area contributed by atoms with E-state index in [1.54, 1.807) is 0 Å². The van der Waals surface area contributed by atoms with Gasteiger partial charge >= 0.3 is 11.9 Å². The van der Waals surface area contributed by atoms with Gasteiger partial charge in [0.15, 0.2) is 0 Å². The van der Waals surface area contributed by atoms with Crippen LogP contribution >= 0.6 is 0 Å². The van der Waals surface area contributed by atoms with Crippen LogP contribution in [-0.2, 0) is 19.1 Å². The van der Waals surface area contributed by atoms with Crippen LogP contribution in [0, 0.1) is 0 Å². The molecule has 4 nitrogen and oxygen atoms in total. The monoisotopic (exact) mass is 388 g/mol. The summed E-state index contributed by atoms with van der Waals surface area (Å²) in [5.41, 5.74) is 0. The lowest BCUT2D eigenvalue weighted by Crippen LogP contribution is -2.15. The van der Waals surface area contributed by atoms with E-state index in [4.69, 9.17) is 9.47 Å². The van der Waals surface area contributed by atoms with E-state index in [0.29, 0.717) is 13.2 Å². The van der Waals surface area contributed by atoms with Crippen molar-refractivity contribution < 1.29 is 19.1 Å². The normalized spacial score (nSPS) is 9.85. The Morgan fingerprint density at radius 3 is 1.15 bits per heavy atom. The summed E-state index contributed by atoms with van der Waals surface area (Å²) in [7, 11) is 0. The minimum absolute atomic E-state index is 0. The van der Waals surface area contributed by atoms with Gasteiger partial charge in [-0.15, -0.1) is 0 Å². The number of carbonyl (C=O) groups excluding carboxylic acids is 2. The van der Waals surface area contributed by atoms with Crippen LogP contribution < -0.4 is 0 Å². The Morgan fingerprint density at radius 2 is 0.815 bits per heavy atom. The van der Waals surface area contributed by atoms with Crippen molar-refractivity contribution in [2.45, 2.75) is 125 Å². The maximum absolute atomic E-state index is 11.5. The van der Waals surface area contributed by atoms with Gasteiger partial charge in [-0.25, -0.2) is 0 Å². The average molecular weight is 389 g/mol. The molecule has 27 heavy (non-hydrogen) atoms. The first-order chi connectivity index (χ1) is 12.2. The molecule has 0 saturated carbocycles. The van der Waals surface area contributed by atoms with Gasteiger partial charge < -0.3 is 9.47 Å². The van der Waals surface area contributed by atoms with Gasteiger partial charge in [-0.05, 0) is 12.8 Å². The summed E-state index contributed by atoms with van der Waals surface area (Å²) in [6.07, 6.45) is 16.3. The first-order valence-corrected chi connectivity index (χ1v) is 10.5. The Bertz CT molecular complexity index is 286. The van der Waals surface area contributed by atoms with Crippen LogP contribution in [-0.4, -0.2) is 25.2 Å². The number of ether oxygens (including phenoxy) is 2. The predicted molar refractivity (Wildman–Crippen MR) is 116 cm³/mol. The number of unbranched alkanes of at least 4 members (excludes halogenated alkanes) is 12. The molecule has 0 amide bonds. The third-order valence-electron chi connectivity index (χ3n) is 4.31. The third-order valence-corrected chi connectivity index (χ3v) is 4.31. The zero-order valence-corrected chi connectivity index (χ0v) is 16.7. The van der Waals surface area contributed by atoms with Gasteiger partial charge in [-0.2, -0.15) is 0 Å². The van der Waals surface area contributed by atoms with Crippen LogP contribution in [0.2, 0.25) is 0 Å². The van der Waals surface area contributed by atoms with Gasteiger partial charge in [0, 0.05) is 0 Å². The highest BCUT2D eigenvalue weighted by Crippen LogP contribution is 2.08. The molecule has 0 heterocycles. The molecule has 0 fully saturated rings. The molecule has 4 heteroatoms. The Kier molecular flexibility index (Phi) is 28.3. The van der Waals surface area contributed by atoms with E-state index in [9.17, 15) is 9.59 Å². The van der Waals surface area contributed by atoms with Crippen LogP contribution in [0.3, 0.4) is 0 Å². The summed E-state index contributed by atoms with van der Waals surface area (Å²) in [6, 6.07) is 0. The lowest BCUT2D eigenvalue weighted by Gasteiger charge is -2.06. The summed E-state index contributed by atoms with van der Waals surface area (Å²) >= 11 is 0. The summed E-state index contributed by atoms with van der Waals surface area (Å²) in [4.78, 5) is 23.1. The summed E-state index contributed by atoms with van der Waals surface area (Å²) < 4.78 is 10.2. The quantitative estimate of drug-likeness (QED) is 0.141. The van der Waals surface area contributed by atoms with Gasteiger partial charge in [0.05, 0.1) is 13.2 Å². The highest BCUT2D eigenvalue weighted by molar-refractivity contribution is 5.91. The largest absolute Gasteiger partial charge is 0.465 e. The lowest BCUT2D eigenvalue weighted by atomic mass is 10.1. The summed E-state index contributed by atoms with van der Waals surface area (Å²) in [5.74, 6) is -0.925. The Hall–Kier alpha value is -1.06. The number of hydrogen-bond donors (Lipinski definition) is 0. The molecule has 0 atom stereocenters. The number of rotatable bonds is 18. The third kappa shape index (κ3) is 24.9. The molecular formula is C23H48O4. The molecular weight excluding hydrogens is 340 g/mol. The molecule has 0 unspecified atom stereocenters. The Morgan fingerprint density at radius 1 is 0.519 bits per heavy atom. The highest BCUT2D eigenvalue weighted by Gasteiger charge is 2.11. The average Bonchev–Trinajstić information content (AvgIpc) is 2.59. The van der Waals surface area contributed by atoms with E-state index in [1.165, 1.54) is 64.2 Å². The van der Waals surface area contributed by atoms with Crippen LogP contribution in [0.5, 0.6) is 0 Å². The van der Waals surface area contributed by atoms with Crippen LogP contribution in [0.15, 0.2) is 0 Å². The van der Waals surface area contributed by atoms with E-state index in [0.717, 1.165) is 25.7 Å². The molecule has 0 aliphatic rings. The molecule has 0 radical (unpaired) electrons. The molecule has 0 aromatic rings. The molecule has 0 aliphatic carbocycles. The minimum atomic E-state index is -0.462. The van der Waals surface area contributed by atoms with Gasteiger partial charge in [-0.1, -0.05) is 106 Å². The van der Waals surface area contributed by atoms with Crippen LogP contribution in [0.1, 0.15) is 125 Å². The zero-order valence-electron chi connectivity index (χ0n) is 16.7. The maximum atomic E-state index is 11.5.